The van der Waals surface area contributed by atoms with E-state index in [4.69, 9.17) is 9.84 Å². The van der Waals surface area contributed by atoms with E-state index in [1.165, 1.54) is 0 Å². The zero-order valence-electron chi connectivity index (χ0n) is 9.31. The third kappa shape index (κ3) is 2.31. The van der Waals surface area contributed by atoms with Gasteiger partial charge >= 0.3 is 0 Å². The molecule has 0 bridgehead atoms. The van der Waals surface area contributed by atoms with Gasteiger partial charge in [0.05, 0.1) is 6.61 Å². The van der Waals surface area contributed by atoms with Crippen LogP contribution in [-0.4, -0.2) is 23.3 Å². The van der Waals surface area contributed by atoms with Crippen LogP contribution in [0.25, 0.3) is 10.9 Å². The molecule has 0 amide bonds. The highest BCUT2D eigenvalue weighted by Crippen LogP contribution is 2.23. The number of benzene rings is 1. The summed E-state index contributed by atoms with van der Waals surface area (Å²) in [7, 11) is 0. The van der Waals surface area contributed by atoms with Crippen molar-refractivity contribution in [2.75, 3.05) is 13.2 Å². The van der Waals surface area contributed by atoms with Gasteiger partial charge in [-0.2, -0.15) is 0 Å². The smallest absolute Gasteiger partial charge is 0.145 e. The Balaban J connectivity index is 2.32. The van der Waals surface area contributed by atoms with Crippen molar-refractivity contribution >= 4 is 10.9 Å². The van der Waals surface area contributed by atoms with Gasteiger partial charge in [-0.3, -0.25) is 0 Å². The maximum absolute atomic E-state index is 8.71. The maximum atomic E-state index is 8.71. The molecule has 0 atom stereocenters. The van der Waals surface area contributed by atoms with Crippen LogP contribution < -0.4 is 4.74 Å². The van der Waals surface area contributed by atoms with E-state index in [-0.39, 0.29) is 6.61 Å². The van der Waals surface area contributed by atoms with E-state index in [1.54, 1.807) is 0 Å². The normalized spacial score (nSPS) is 10.6. The summed E-state index contributed by atoms with van der Waals surface area (Å²) in [6.07, 6.45) is 0.641. The van der Waals surface area contributed by atoms with Gasteiger partial charge in [-0.25, -0.2) is 4.98 Å². The number of pyridine rings is 1. The van der Waals surface area contributed by atoms with Crippen molar-refractivity contribution in [3.63, 3.8) is 0 Å². The van der Waals surface area contributed by atoms with Crippen molar-refractivity contribution in [3.05, 3.63) is 36.0 Å². The zero-order valence-corrected chi connectivity index (χ0v) is 9.31. The molecule has 0 aliphatic carbocycles. The Kier molecular flexibility index (Phi) is 3.37. The predicted molar refractivity (Wildman–Crippen MR) is 63.7 cm³/mol. The van der Waals surface area contributed by atoms with Gasteiger partial charge in [-0.15, -0.1) is 0 Å². The van der Waals surface area contributed by atoms with Crippen LogP contribution in [0.15, 0.2) is 30.3 Å². The Morgan fingerprint density at radius 2 is 2.12 bits per heavy atom. The van der Waals surface area contributed by atoms with Crippen LogP contribution in [0.2, 0.25) is 0 Å². The summed E-state index contributed by atoms with van der Waals surface area (Å²) in [6.45, 7) is 2.63. The predicted octanol–water partition coefficient (Wildman–Crippen LogP) is 2.30. The molecule has 2 rings (SSSR count). The van der Waals surface area contributed by atoms with Crippen molar-refractivity contribution < 1.29 is 9.84 Å². The Bertz CT molecular complexity index is 482. The first-order valence-corrected chi connectivity index (χ1v) is 5.41. The largest absolute Gasteiger partial charge is 0.491 e. The molecule has 16 heavy (non-hydrogen) atoms. The number of aliphatic hydroxyl groups excluding tert-OH is 1. The lowest BCUT2D eigenvalue weighted by molar-refractivity contribution is 0.234. The van der Waals surface area contributed by atoms with Crippen molar-refractivity contribution in [2.45, 2.75) is 13.3 Å². The van der Waals surface area contributed by atoms with Crippen molar-refractivity contribution in [1.29, 1.82) is 0 Å². The molecule has 84 valence electrons. The minimum Gasteiger partial charge on any atom is -0.491 e. The van der Waals surface area contributed by atoms with E-state index in [1.807, 2.05) is 37.3 Å². The summed E-state index contributed by atoms with van der Waals surface area (Å²) in [5.41, 5.74) is 1.87. The molecule has 1 N–H and O–H groups in total. The number of hydrogen-bond donors (Lipinski definition) is 1. The number of nitrogens with zero attached hydrogens (tertiary/aromatic N) is 1. The van der Waals surface area contributed by atoms with Crippen LogP contribution in [0.5, 0.6) is 5.75 Å². The highest BCUT2D eigenvalue weighted by atomic mass is 16.5. The molecule has 3 heteroatoms. The molecule has 3 nitrogen and oxygen atoms in total. The molecule has 0 aliphatic rings. The number of ether oxygens (including phenoxy) is 1. The number of rotatable bonds is 4. The second kappa shape index (κ2) is 4.94. The van der Waals surface area contributed by atoms with Crippen molar-refractivity contribution in [2.24, 2.45) is 0 Å². The number of aliphatic hydroxyl groups is 1. The number of para-hydroxylation sites is 1. The molecule has 1 aromatic heterocycles. The van der Waals surface area contributed by atoms with E-state index in [0.29, 0.717) is 13.0 Å². The van der Waals surface area contributed by atoms with Gasteiger partial charge < -0.3 is 9.84 Å². The summed E-state index contributed by atoms with van der Waals surface area (Å²) < 4.78 is 5.59. The molecule has 1 aromatic carbocycles. The van der Waals surface area contributed by atoms with Gasteiger partial charge in [0.15, 0.2) is 0 Å². The van der Waals surface area contributed by atoms with E-state index < -0.39 is 0 Å². The first-order chi connectivity index (χ1) is 7.81. The van der Waals surface area contributed by atoms with E-state index in [9.17, 15) is 0 Å². The third-order valence-corrected chi connectivity index (χ3v) is 2.38. The second-order valence-corrected chi connectivity index (χ2v) is 3.71. The molecule has 0 saturated carbocycles. The van der Waals surface area contributed by atoms with Gasteiger partial charge in [0.2, 0.25) is 0 Å². The first-order valence-electron chi connectivity index (χ1n) is 5.41. The fraction of sp³-hybridized carbons (Fsp3) is 0.308. The molecular formula is C13H15NO2. The molecule has 0 radical (unpaired) electrons. The van der Waals surface area contributed by atoms with Gasteiger partial charge in [-0.1, -0.05) is 18.2 Å². The monoisotopic (exact) mass is 217 g/mol. The van der Waals surface area contributed by atoms with Crippen LogP contribution in [0.3, 0.4) is 0 Å². The number of fused-ring (bicyclic) bond motifs is 1. The first kappa shape index (κ1) is 10.9. The fourth-order valence-corrected chi connectivity index (χ4v) is 1.58. The quantitative estimate of drug-likeness (QED) is 0.799. The minimum atomic E-state index is 0.150. The number of hydrogen-bond acceptors (Lipinski definition) is 3. The van der Waals surface area contributed by atoms with Crippen LogP contribution in [0, 0.1) is 6.92 Å². The molecule has 0 aliphatic heterocycles. The summed E-state index contributed by atoms with van der Waals surface area (Å²) in [5.74, 6) is 0.787. The van der Waals surface area contributed by atoms with E-state index >= 15 is 0 Å². The summed E-state index contributed by atoms with van der Waals surface area (Å²) >= 11 is 0. The molecule has 2 aromatic rings. The van der Waals surface area contributed by atoms with Crippen LogP contribution in [-0.2, 0) is 0 Å². The Labute approximate surface area is 94.7 Å². The highest BCUT2D eigenvalue weighted by Gasteiger charge is 2.03. The lowest BCUT2D eigenvalue weighted by Crippen LogP contribution is -2.00. The van der Waals surface area contributed by atoms with Crippen molar-refractivity contribution in [1.82, 2.24) is 4.98 Å². The SMILES string of the molecule is Cc1ccc2cccc(OCCCO)c2n1. The van der Waals surface area contributed by atoms with E-state index in [2.05, 4.69) is 4.98 Å². The van der Waals surface area contributed by atoms with Crippen molar-refractivity contribution in [3.8, 4) is 5.75 Å². The number of aromatic nitrogens is 1. The minimum absolute atomic E-state index is 0.150. The molecule has 1 heterocycles. The van der Waals surface area contributed by atoms with E-state index in [0.717, 1.165) is 22.3 Å². The third-order valence-electron chi connectivity index (χ3n) is 2.38. The summed E-state index contributed by atoms with van der Waals surface area (Å²) in [4.78, 5) is 4.47. The standard InChI is InChI=1S/C13H15NO2/c1-10-6-7-11-4-2-5-12(13(11)14-10)16-9-3-8-15/h2,4-7,15H,3,8-9H2,1H3. The Morgan fingerprint density at radius 1 is 1.25 bits per heavy atom. The lowest BCUT2D eigenvalue weighted by Gasteiger charge is -2.08. The summed E-state index contributed by atoms with van der Waals surface area (Å²) in [5, 5.41) is 9.78. The lowest BCUT2D eigenvalue weighted by atomic mass is 10.2. The van der Waals surface area contributed by atoms with Gasteiger partial charge in [0.25, 0.3) is 0 Å². The molecule has 0 spiro atoms. The highest BCUT2D eigenvalue weighted by molar-refractivity contribution is 5.84. The average molecular weight is 217 g/mol. The van der Waals surface area contributed by atoms with Gasteiger partial charge in [0, 0.05) is 24.1 Å². The van der Waals surface area contributed by atoms with Crippen LogP contribution >= 0.6 is 0 Å². The van der Waals surface area contributed by atoms with Crippen LogP contribution in [0.4, 0.5) is 0 Å². The maximum Gasteiger partial charge on any atom is 0.145 e. The molecule has 0 saturated heterocycles. The second-order valence-electron chi connectivity index (χ2n) is 3.71. The zero-order chi connectivity index (χ0) is 11.4. The van der Waals surface area contributed by atoms with Crippen LogP contribution in [0.1, 0.15) is 12.1 Å². The summed E-state index contributed by atoms with van der Waals surface area (Å²) in [6, 6.07) is 9.90. The molecule has 0 unspecified atom stereocenters. The number of aryl methyl sites for hydroxylation is 1. The average Bonchev–Trinajstić information content (AvgIpc) is 2.30. The van der Waals surface area contributed by atoms with Gasteiger partial charge in [-0.05, 0) is 19.1 Å². The Morgan fingerprint density at radius 3 is 2.94 bits per heavy atom. The van der Waals surface area contributed by atoms with Gasteiger partial charge in [0.1, 0.15) is 11.3 Å². The topological polar surface area (TPSA) is 42.4 Å². The molecular weight excluding hydrogens is 202 g/mol. The molecule has 0 fully saturated rings. The Hall–Kier alpha value is -1.61. The fourth-order valence-electron chi connectivity index (χ4n) is 1.58.